The molecule has 0 aromatic heterocycles. The minimum Gasteiger partial charge on any atom is -0.392 e. The van der Waals surface area contributed by atoms with E-state index in [9.17, 15) is 28.8 Å². The minimum atomic E-state index is -0.782. The van der Waals surface area contributed by atoms with E-state index in [2.05, 4.69) is 21.3 Å². The summed E-state index contributed by atoms with van der Waals surface area (Å²) in [5.41, 5.74) is 5.99. The van der Waals surface area contributed by atoms with Crippen LogP contribution in [0.4, 0.5) is 10.5 Å². The number of aliphatic hydroxyl groups excluding tert-OH is 1. The summed E-state index contributed by atoms with van der Waals surface area (Å²) in [5, 5.41) is 19.4. The van der Waals surface area contributed by atoms with Crippen LogP contribution in [-0.4, -0.2) is 71.2 Å². The zero-order valence-electron chi connectivity index (χ0n) is 25.9. The molecule has 1 aliphatic rings. The predicted octanol–water partition coefficient (Wildman–Crippen LogP) is 1.95. The average molecular weight is 605 g/mol. The average Bonchev–Trinajstić information content (AvgIpc) is 3.31. The van der Waals surface area contributed by atoms with Crippen molar-refractivity contribution < 1.29 is 33.9 Å². The lowest BCUT2D eigenvalue weighted by atomic mass is 10.0. The molecule has 13 heteroatoms. The molecule has 0 aliphatic carbocycles. The zero-order chi connectivity index (χ0) is 32.8. The molecule has 0 bridgehead atoms. The molecule has 7 N–H and O–H groups in total. The quantitative estimate of drug-likeness (QED) is 0.130. The van der Waals surface area contributed by atoms with Crippen LogP contribution in [-0.2, 0) is 30.6 Å². The number of primary amides is 1. The number of imide groups is 1. The number of carbonyl (C=O) groups is 6. The van der Waals surface area contributed by atoms with Crippen LogP contribution < -0.4 is 27.0 Å². The highest BCUT2D eigenvalue weighted by molar-refractivity contribution is 6.12. The first-order chi connectivity index (χ1) is 20.5. The molecule has 7 amide bonds. The maximum Gasteiger partial charge on any atom is 0.312 e. The molecule has 2 rings (SSSR count). The molecule has 1 atom stereocenters. The van der Waals surface area contributed by atoms with Gasteiger partial charge in [-0.15, -0.1) is 0 Å². The molecule has 0 radical (unpaired) electrons. The van der Waals surface area contributed by atoms with Crippen molar-refractivity contribution in [1.82, 2.24) is 20.9 Å². The van der Waals surface area contributed by atoms with E-state index in [4.69, 9.17) is 10.8 Å². The van der Waals surface area contributed by atoms with E-state index in [1.807, 2.05) is 20.8 Å². The molecule has 0 saturated heterocycles. The van der Waals surface area contributed by atoms with Crippen LogP contribution >= 0.6 is 0 Å². The van der Waals surface area contributed by atoms with Gasteiger partial charge >= 0.3 is 6.03 Å². The number of anilines is 1. The van der Waals surface area contributed by atoms with E-state index >= 15 is 0 Å². The summed E-state index contributed by atoms with van der Waals surface area (Å²) in [6.07, 6.45) is 5.43. The van der Waals surface area contributed by atoms with Gasteiger partial charge in [0.05, 0.1) is 13.2 Å². The molecular weight excluding hydrogens is 556 g/mol. The second-order valence-corrected chi connectivity index (χ2v) is 9.67. The second-order valence-electron chi connectivity index (χ2n) is 9.67. The first kappa shape index (κ1) is 38.7. The molecule has 1 aromatic rings. The Balaban J connectivity index is 0.00000171. The topological polar surface area (TPSA) is 200 Å². The SMILES string of the molecule is CC.CC(C)C(NC(=O)CCCCCN1C(=O)C=CC1=O)C(=O)NCC(=O)Nc1ccc(CO)cc1.CCCNC(N)=O. The molecule has 0 spiro atoms. The summed E-state index contributed by atoms with van der Waals surface area (Å²) in [6.45, 7) is 10.2. The summed E-state index contributed by atoms with van der Waals surface area (Å²) in [7, 11) is 0. The molecule has 1 aromatic carbocycles. The number of nitrogens with zero attached hydrogens (tertiary/aromatic N) is 1. The van der Waals surface area contributed by atoms with E-state index < -0.39 is 23.9 Å². The van der Waals surface area contributed by atoms with Crippen LogP contribution in [0.1, 0.15) is 72.3 Å². The highest BCUT2D eigenvalue weighted by atomic mass is 16.3. The zero-order valence-corrected chi connectivity index (χ0v) is 25.9. The lowest BCUT2D eigenvalue weighted by Crippen LogP contribution is -2.51. The number of carbonyl (C=O) groups excluding carboxylic acids is 6. The van der Waals surface area contributed by atoms with Crippen molar-refractivity contribution in [2.75, 3.05) is 25.0 Å². The Labute approximate surface area is 254 Å². The summed E-state index contributed by atoms with van der Waals surface area (Å²) in [6, 6.07) is 5.44. The van der Waals surface area contributed by atoms with Crippen LogP contribution in [0.3, 0.4) is 0 Å². The molecule has 240 valence electrons. The van der Waals surface area contributed by atoms with Crippen molar-refractivity contribution in [1.29, 1.82) is 0 Å². The summed E-state index contributed by atoms with van der Waals surface area (Å²) in [5.74, 6) is -1.96. The highest BCUT2D eigenvalue weighted by Gasteiger charge is 2.25. The third-order valence-corrected chi connectivity index (χ3v) is 5.84. The standard InChI is InChI=1S/C24H32N4O6.C4H10N2O.C2H6/c1-16(2)23(24(34)25-14-20(31)26-18-9-7-17(15-29)8-10-18)27-19(30)6-4-3-5-13-28-21(32)11-12-22(28)33;1-2-3-6-4(5)7;1-2/h7-12,16,23,29H,3-6,13-15H2,1-2H3,(H,25,34)(H,26,31)(H,27,30);2-3H2,1H3,(H3,5,6,7);1-2H3. The molecule has 0 saturated carbocycles. The van der Waals surface area contributed by atoms with Gasteiger partial charge in [-0.25, -0.2) is 4.79 Å². The fourth-order valence-electron chi connectivity index (χ4n) is 3.59. The van der Waals surface area contributed by atoms with Crippen LogP contribution in [0, 0.1) is 5.92 Å². The van der Waals surface area contributed by atoms with Crippen molar-refractivity contribution in [3.8, 4) is 0 Å². The van der Waals surface area contributed by atoms with E-state index in [0.29, 0.717) is 38.0 Å². The van der Waals surface area contributed by atoms with Crippen LogP contribution in [0.2, 0.25) is 0 Å². The fraction of sp³-hybridized carbons (Fsp3) is 0.533. The molecule has 13 nitrogen and oxygen atoms in total. The Morgan fingerprint density at radius 2 is 1.51 bits per heavy atom. The predicted molar refractivity (Wildman–Crippen MR) is 164 cm³/mol. The number of benzene rings is 1. The van der Waals surface area contributed by atoms with Gasteiger partial charge in [0.15, 0.2) is 0 Å². The molecule has 1 aliphatic heterocycles. The Bertz CT molecular complexity index is 1060. The van der Waals surface area contributed by atoms with Gasteiger partial charge in [0.25, 0.3) is 11.8 Å². The summed E-state index contributed by atoms with van der Waals surface area (Å²) < 4.78 is 0. The molecule has 0 fully saturated rings. The van der Waals surface area contributed by atoms with E-state index in [1.54, 1.807) is 38.1 Å². The number of unbranched alkanes of at least 4 members (excludes halogenated alkanes) is 2. The molecule has 1 unspecified atom stereocenters. The van der Waals surface area contributed by atoms with Gasteiger partial charge in [0.1, 0.15) is 6.04 Å². The Morgan fingerprint density at radius 3 is 2.00 bits per heavy atom. The van der Waals surface area contributed by atoms with Gasteiger partial charge in [-0.3, -0.25) is 28.9 Å². The van der Waals surface area contributed by atoms with Gasteiger partial charge in [-0.05, 0) is 42.9 Å². The number of nitrogens with two attached hydrogens (primary N) is 1. The minimum absolute atomic E-state index is 0.0923. The first-order valence-electron chi connectivity index (χ1n) is 14.6. The molecular formula is C30H48N6O7. The lowest BCUT2D eigenvalue weighted by Gasteiger charge is -2.21. The van der Waals surface area contributed by atoms with Gasteiger partial charge in [0.2, 0.25) is 17.7 Å². The van der Waals surface area contributed by atoms with Crippen molar-refractivity contribution in [3.63, 3.8) is 0 Å². The number of amides is 7. The number of aliphatic hydroxyl groups is 1. The lowest BCUT2D eigenvalue weighted by molar-refractivity contribution is -0.137. The van der Waals surface area contributed by atoms with Crippen LogP contribution in [0.25, 0.3) is 0 Å². The normalized spacial score (nSPS) is 12.4. The number of hydrogen-bond donors (Lipinski definition) is 6. The third-order valence-electron chi connectivity index (χ3n) is 5.84. The van der Waals surface area contributed by atoms with E-state index in [0.717, 1.165) is 12.0 Å². The van der Waals surface area contributed by atoms with Crippen LogP contribution in [0.15, 0.2) is 36.4 Å². The van der Waals surface area contributed by atoms with Gasteiger partial charge in [-0.1, -0.05) is 53.2 Å². The van der Waals surface area contributed by atoms with Crippen molar-refractivity contribution in [3.05, 3.63) is 42.0 Å². The van der Waals surface area contributed by atoms with E-state index in [1.165, 1.54) is 17.1 Å². The smallest absolute Gasteiger partial charge is 0.312 e. The summed E-state index contributed by atoms with van der Waals surface area (Å²) >= 11 is 0. The summed E-state index contributed by atoms with van der Waals surface area (Å²) in [4.78, 5) is 71.0. The molecule has 43 heavy (non-hydrogen) atoms. The van der Waals surface area contributed by atoms with Crippen molar-refractivity contribution in [2.45, 2.75) is 79.4 Å². The number of nitrogens with one attached hydrogen (secondary N) is 4. The number of urea groups is 1. The van der Waals surface area contributed by atoms with Gasteiger partial charge in [-0.2, -0.15) is 0 Å². The molecule has 1 heterocycles. The number of hydrogen-bond acceptors (Lipinski definition) is 7. The van der Waals surface area contributed by atoms with Crippen molar-refractivity contribution in [2.24, 2.45) is 11.7 Å². The maximum absolute atomic E-state index is 12.5. The van der Waals surface area contributed by atoms with Crippen LogP contribution in [0.5, 0.6) is 0 Å². The highest BCUT2D eigenvalue weighted by Crippen LogP contribution is 2.10. The van der Waals surface area contributed by atoms with E-state index in [-0.39, 0.29) is 43.2 Å². The van der Waals surface area contributed by atoms with Gasteiger partial charge < -0.3 is 32.1 Å². The Kier molecular flexibility index (Phi) is 20.1. The maximum atomic E-state index is 12.5. The van der Waals surface area contributed by atoms with Crippen molar-refractivity contribution >= 4 is 41.3 Å². The second kappa shape index (κ2) is 22.4. The monoisotopic (exact) mass is 604 g/mol. The Morgan fingerprint density at radius 1 is 0.907 bits per heavy atom. The fourth-order valence-corrected chi connectivity index (χ4v) is 3.59. The third kappa shape index (κ3) is 16.7. The Hall–Kier alpha value is -4.26. The largest absolute Gasteiger partial charge is 0.392 e. The first-order valence-corrected chi connectivity index (χ1v) is 14.6. The number of rotatable bonds is 15. The van der Waals surface area contributed by atoms with Gasteiger partial charge in [0, 0.05) is 37.3 Å².